The molecule has 1 atom stereocenters. The van der Waals surface area contributed by atoms with Gasteiger partial charge < -0.3 is 10.1 Å². The van der Waals surface area contributed by atoms with Crippen LogP contribution in [0.15, 0.2) is 0 Å². The van der Waals surface area contributed by atoms with Crippen molar-refractivity contribution in [2.45, 2.75) is 26.8 Å². The van der Waals surface area contributed by atoms with Gasteiger partial charge in [-0.15, -0.1) is 11.6 Å². The number of hydrogen-bond donors (Lipinski definition) is 1. The Morgan fingerprint density at radius 1 is 1.47 bits per heavy atom. The summed E-state index contributed by atoms with van der Waals surface area (Å²) in [5.74, 6) is 0.358. The van der Waals surface area contributed by atoms with Crippen LogP contribution in [0.2, 0.25) is 0 Å². The van der Waals surface area contributed by atoms with Crippen LogP contribution in [-0.4, -0.2) is 55.6 Å². The molecule has 1 aliphatic rings. The second kappa shape index (κ2) is 6.57. The van der Waals surface area contributed by atoms with Gasteiger partial charge in [0.25, 0.3) is 0 Å². The summed E-state index contributed by atoms with van der Waals surface area (Å²) in [5.41, 5.74) is -0.499. The molecule has 4 nitrogen and oxygen atoms in total. The monoisotopic (exact) mass is 262 g/mol. The molecule has 1 rings (SSSR count). The number of carbonyl (C=O) groups is 1. The Kier molecular flexibility index (Phi) is 5.70. The molecule has 0 aromatic carbocycles. The lowest BCUT2D eigenvalue weighted by molar-refractivity contribution is -0.129. The summed E-state index contributed by atoms with van der Waals surface area (Å²) in [6, 6.07) is 0.142. The summed E-state index contributed by atoms with van der Waals surface area (Å²) in [4.78, 5) is 14.2. The topological polar surface area (TPSA) is 41.6 Å². The third-order valence-corrected chi connectivity index (χ3v) is 3.63. The van der Waals surface area contributed by atoms with Crippen molar-refractivity contribution < 1.29 is 9.53 Å². The Labute approximate surface area is 109 Å². The number of carbonyl (C=O) groups excluding carboxylic acids is 1. The lowest BCUT2D eigenvalue weighted by Crippen LogP contribution is -2.49. The van der Waals surface area contributed by atoms with E-state index in [1.165, 1.54) is 0 Å². The van der Waals surface area contributed by atoms with Crippen LogP contribution in [0.1, 0.15) is 20.8 Å². The van der Waals surface area contributed by atoms with Gasteiger partial charge in [-0.1, -0.05) is 0 Å². The van der Waals surface area contributed by atoms with Crippen LogP contribution in [0.25, 0.3) is 0 Å². The summed E-state index contributed by atoms with van der Waals surface area (Å²) < 4.78 is 5.29. The van der Waals surface area contributed by atoms with Gasteiger partial charge in [-0.25, -0.2) is 0 Å². The fraction of sp³-hybridized carbons (Fsp3) is 0.917. The smallest absolute Gasteiger partial charge is 0.227 e. The van der Waals surface area contributed by atoms with Gasteiger partial charge in [0.05, 0.1) is 18.6 Å². The molecule has 1 aliphatic heterocycles. The van der Waals surface area contributed by atoms with Gasteiger partial charge in [-0.05, 0) is 20.8 Å². The average molecular weight is 263 g/mol. The van der Waals surface area contributed by atoms with E-state index < -0.39 is 5.41 Å². The minimum Gasteiger partial charge on any atom is -0.379 e. The van der Waals surface area contributed by atoms with Crippen molar-refractivity contribution in [2.24, 2.45) is 5.41 Å². The summed E-state index contributed by atoms with van der Waals surface area (Å²) >= 11 is 5.78. The number of alkyl halides is 1. The van der Waals surface area contributed by atoms with Crippen LogP contribution < -0.4 is 5.32 Å². The van der Waals surface area contributed by atoms with Gasteiger partial charge in [0.1, 0.15) is 0 Å². The molecule has 0 spiro atoms. The zero-order valence-corrected chi connectivity index (χ0v) is 11.7. The summed E-state index contributed by atoms with van der Waals surface area (Å²) in [6.45, 7) is 10.1. The number of ether oxygens (including phenoxy) is 1. The number of nitrogens with zero attached hydrogens (tertiary/aromatic N) is 1. The summed E-state index contributed by atoms with van der Waals surface area (Å²) in [5, 5.41) is 3.01. The fourth-order valence-electron chi connectivity index (χ4n) is 1.70. The maximum atomic E-state index is 11.9. The highest BCUT2D eigenvalue weighted by Crippen LogP contribution is 2.17. The van der Waals surface area contributed by atoms with Crippen LogP contribution in [0.3, 0.4) is 0 Å². The minimum atomic E-state index is -0.499. The number of morpholine rings is 1. The highest BCUT2D eigenvalue weighted by molar-refractivity contribution is 6.19. The molecule has 0 radical (unpaired) electrons. The SMILES string of the molecule is CC(CN1CCOCC1)NC(=O)C(C)(C)CCl. The van der Waals surface area contributed by atoms with E-state index >= 15 is 0 Å². The first kappa shape index (κ1) is 14.7. The Morgan fingerprint density at radius 3 is 2.59 bits per heavy atom. The molecule has 0 aromatic heterocycles. The van der Waals surface area contributed by atoms with Gasteiger partial charge in [0.15, 0.2) is 0 Å². The van der Waals surface area contributed by atoms with E-state index in [9.17, 15) is 4.79 Å². The van der Waals surface area contributed by atoms with Gasteiger partial charge in [-0.2, -0.15) is 0 Å². The lowest BCUT2D eigenvalue weighted by Gasteiger charge is -2.31. The van der Waals surface area contributed by atoms with Crippen molar-refractivity contribution in [2.75, 3.05) is 38.7 Å². The van der Waals surface area contributed by atoms with E-state index in [0.29, 0.717) is 5.88 Å². The van der Waals surface area contributed by atoms with Crippen LogP contribution in [0.5, 0.6) is 0 Å². The van der Waals surface area contributed by atoms with E-state index in [4.69, 9.17) is 16.3 Å². The number of hydrogen-bond acceptors (Lipinski definition) is 3. The molecule has 1 heterocycles. The first-order valence-electron chi connectivity index (χ1n) is 6.13. The van der Waals surface area contributed by atoms with Gasteiger partial charge in [0.2, 0.25) is 5.91 Å². The van der Waals surface area contributed by atoms with Crippen molar-refractivity contribution in [1.29, 1.82) is 0 Å². The number of halogens is 1. The standard InChI is InChI=1S/C12H23ClN2O2/c1-10(8-15-4-6-17-7-5-15)14-11(16)12(2,3)9-13/h10H,4-9H2,1-3H3,(H,14,16). The Hall–Kier alpha value is -0.320. The van der Waals surface area contributed by atoms with Gasteiger partial charge >= 0.3 is 0 Å². The minimum absolute atomic E-state index is 0.0215. The predicted molar refractivity (Wildman–Crippen MR) is 69.4 cm³/mol. The summed E-state index contributed by atoms with van der Waals surface area (Å²) in [7, 11) is 0. The molecule has 17 heavy (non-hydrogen) atoms. The molecule has 0 bridgehead atoms. The third kappa shape index (κ3) is 4.82. The number of amides is 1. The Bertz CT molecular complexity index is 253. The normalized spacial score (nSPS) is 20.0. The van der Waals surface area contributed by atoms with Gasteiger partial charge in [-0.3, -0.25) is 9.69 Å². The maximum Gasteiger partial charge on any atom is 0.227 e. The molecule has 0 saturated carbocycles. The fourth-order valence-corrected chi connectivity index (χ4v) is 1.82. The second-order valence-corrected chi connectivity index (χ2v) is 5.57. The molecule has 0 aliphatic carbocycles. The van der Waals surface area contributed by atoms with Crippen LogP contribution in [-0.2, 0) is 9.53 Å². The second-order valence-electron chi connectivity index (χ2n) is 5.31. The molecular formula is C12H23ClN2O2. The molecule has 1 N–H and O–H groups in total. The molecule has 1 saturated heterocycles. The zero-order chi connectivity index (χ0) is 12.9. The van der Waals surface area contributed by atoms with Crippen LogP contribution in [0, 0.1) is 5.41 Å². The zero-order valence-electron chi connectivity index (χ0n) is 11.0. The first-order chi connectivity index (χ1) is 7.95. The summed E-state index contributed by atoms with van der Waals surface area (Å²) in [6.07, 6.45) is 0. The van der Waals surface area contributed by atoms with E-state index in [1.807, 2.05) is 20.8 Å². The first-order valence-corrected chi connectivity index (χ1v) is 6.66. The quantitative estimate of drug-likeness (QED) is 0.754. The average Bonchev–Trinajstić information content (AvgIpc) is 2.30. The third-order valence-electron chi connectivity index (χ3n) is 2.96. The largest absolute Gasteiger partial charge is 0.379 e. The number of nitrogens with one attached hydrogen (secondary N) is 1. The molecule has 100 valence electrons. The highest BCUT2D eigenvalue weighted by atomic mass is 35.5. The number of rotatable bonds is 5. The van der Waals surface area contributed by atoms with E-state index in [0.717, 1.165) is 32.8 Å². The van der Waals surface area contributed by atoms with E-state index in [-0.39, 0.29) is 11.9 Å². The van der Waals surface area contributed by atoms with Gasteiger partial charge in [0, 0.05) is 31.6 Å². The van der Waals surface area contributed by atoms with Crippen LogP contribution in [0.4, 0.5) is 0 Å². The molecule has 1 unspecified atom stereocenters. The van der Waals surface area contributed by atoms with Crippen molar-refractivity contribution in [1.82, 2.24) is 10.2 Å². The Morgan fingerprint density at radius 2 is 2.06 bits per heavy atom. The highest BCUT2D eigenvalue weighted by Gasteiger charge is 2.27. The van der Waals surface area contributed by atoms with Crippen molar-refractivity contribution in [3.63, 3.8) is 0 Å². The van der Waals surface area contributed by atoms with E-state index in [2.05, 4.69) is 10.2 Å². The molecule has 0 aromatic rings. The lowest BCUT2D eigenvalue weighted by atomic mass is 9.95. The van der Waals surface area contributed by atoms with Crippen molar-refractivity contribution >= 4 is 17.5 Å². The molecule has 1 amide bonds. The van der Waals surface area contributed by atoms with Crippen molar-refractivity contribution in [3.05, 3.63) is 0 Å². The predicted octanol–water partition coefficient (Wildman–Crippen LogP) is 1.09. The molecule has 1 fully saturated rings. The molecular weight excluding hydrogens is 240 g/mol. The van der Waals surface area contributed by atoms with E-state index in [1.54, 1.807) is 0 Å². The van der Waals surface area contributed by atoms with Crippen molar-refractivity contribution in [3.8, 4) is 0 Å². The maximum absolute atomic E-state index is 11.9. The van der Waals surface area contributed by atoms with Crippen LogP contribution >= 0.6 is 11.6 Å². The Balaban J connectivity index is 2.33. The molecule has 5 heteroatoms.